The van der Waals surface area contributed by atoms with Crippen molar-refractivity contribution in [3.63, 3.8) is 0 Å². The van der Waals surface area contributed by atoms with E-state index in [-0.39, 0.29) is 23.4 Å². The third-order valence-electron chi connectivity index (χ3n) is 7.27. The first-order valence-corrected chi connectivity index (χ1v) is 14.7. The summed E-state index contributed by atoms with van der Waals surface area (Å²) in [6, 6.07) is 34.8. The lowest BCUT2D eigenvalue weighted by molar-refractivity contribution is 0.201. The van der Waals surface area contributed by atoms with Crippen LogP contribution >= 0.6 is 12.6 Å². The Morgan fingerprint density at radius 2 is 1.27 bits per heavy atom. The van der Waals surface area contributed by atoms with Gasteiger partial charge < -0.3 is 14.7 Å². The average Bonchev–Trinajstić information content (AvgIpc) is 2.93. The Bertz CT molecular complexity index is 1360. The maximum atomic E-state index is 9.19. The Hall–Kier alpha value is -3.21. The highest BCUT2D eigenvalue weighted by molar-refractivity contribution is 7.79. The summed E-state index contributed by atoms with van der Waals surface area (Å²) in [6.07, 6.45) is 0. The Balaban J connectivity index is 1.74. The minimum absolute atomic E-state index is 0.00118. The highest BCUT2D eigenvalue weighted by Gasteiger charge is 2.28. The molecule has 0 fully saturated rings. The van der Waals surface area contributed by atoms with Crippen LogP contribution < -0.4 is 9.64 Å². The molecule has 0 saturated carbocycles. The molecule has 4 rings (SSSR count). The smallest absolute Gasteiger partial charge is 0.119 e. The number of hydrogen-bond donors (Lipinski definition) is 2. The number of thiol groups is 1. The molecule has 0 aliphatic heterocycles. The zero-order valence-electron chi connectivity index (χ0n) is 24.7. The van der Waals surface area contributed by atoms with Gasteiger partial charge in [0.1, 0.15) is 12.4 Å². The fourth-order valence-electron chi connectivity index (χ4n) is 5.26. The molecule has 1 unspecified atom stereocenters. The number of anilines is 3. The summed E-state index contributed by atoms with van der Waals surface area (Å²) in [5, 5.41) is 9.19. The van der Waals surface area contributed by atoms with Crippen LogP contribution in [0.1, 0.15) is 69.7 Å². The Morgan fingerprint density at radius 1 is 0.725 bits per heavy atom. The third kappa shape index (κ3) is 7.10. The fraction of sp³-hybridized carbons (Fsp3) is 0.333. The highest BCUT2D eigenvalue weighted by atomic mass is 32.1. The van der Waals surface area contributed by atoms with Gasteiger partial charge in [-0.15, -0.1) is 0 Å². The van der Waals surface area contributed by atoms with Crippen LogP contribution in [-0.4, -0.2) is 18.3 Å². The monoisotopic (exact) mass is 553 g/mol. The van der Waals surface area contributed by atoms with E-state index < -0.39 is 0 Å². The highest BCUT2D eigenvalue weighted by Crippen LogP contribution is 2.43. The fourth-order valence-corrected chi connectivity index (χ4v) is 5.47. The van der Waals surface area contributed by atoms with Crippen LogP contribution in [0.15, 0.2) is 97.1 Å². The summed E-state index contributed by atoms with van der Waals surface area (Å²) in [7, 11) is 0. The number of ether oxygens (including phenoxy) is 1. The zero-order valence-corrected chi connectivity index (χ0v) is 25.6. The molecular formula is C36H43NO2S. The van der Waals surface area contributed by atoms with Gasteiger partial charge in [0.25, 0.3) is 0 Å². The Kier molecular flexibility index (Phi) is 9.33. The van der Waals surface area contributed by atoms with E-state index in [1.165, 1.54) is 22.3 Å². The molecule has 0 aliphatic carbocycles. The van der Waals surface area contributed by atoms with Gasteiger partial charge in [0.2, 0.25) is 0 Å². The molecule has 3 nitrogen and oxygen atoms in total. The van der Waals surface area contributed by atoms with Crippen molar-refractivity contribution in [2.75, 3.05) is 18.1 Å². The van der Waals surface area contributed by atoms with Crippen molar-refractivity contribution in [1.29, 1.82) is 0 Å². The maximum absolute atomic E-state index is 9.19. The first-order valence-electron chi connectivity index (χ1n) is 14.1. The SMILES string of the molecule is CC(C)(C)c1ccc(N(c2ccc(CS)cc2)c2ccc(C(c3cccc(OCCO)c3)C(C)(C)C)cc2)cc1. The van der Waals surface area contributed by atoms with Gasteiger partial charge in [0.15, 0.2) is 0 Å². The standard InChI is InChI=1S/C36H43NO2S/c1-35(2,3)29-14-20-32(21-15-29)37(30-16-10-26(25-40)11-17-30)31-18-12-27(13-19-31)34(36(4,5)6)28-8-7-9-33(24-28)39-23-22-38/h7-21,24,34,38,40H,22-23,25H2,1-6H3. The average molecular weight is 554 g/mol. The van der Waals surface area contributed by atoms with Crippen molar-refractivity contribution >= 4 is 29.7 Å². The van der Waals surface area contributed by atoms with Crippen LogP contribution in [0.25, 0.3) is 0 Å². The maximum Gasteiger partial charge on any atom is 0.119 e. The van der Waals surface area contributed by atoms with Gasteiger partial charge in [0.05, 0.1) is 6.61 Å². The van der Waals surface area contributed by atoms with E-state index in [1.54, 1.807) is 0 Å². The third-order valence-corrected chi connectivity index (χ3v) is 7.64. The van der Waals surface area contributed by atoms with Gasteiger partial charge in [-0.1, -0.05) is 90.1 Å². The molecule has 4 aromatic rings. The molecule has 210 valence electrons. The number of hydrogen-bond acceptors (Lipinski definition) is 4. The van der Waals surface area contributed by atoms with E-state index in [0.29, 0.717) is 6.61 Å². The molecule has 0 saturated heterocycles. The van der Waals surface area contributed by atoms with Crippen LogP contribution in [0, 0.1) is 5.41 Å². The first kappa shape index (κ1) is 29.8. The van der Waals surface area contributed by atoms with Gasteiger partial charge in [-0.2, -0.15) is 12.6 Å². The van der Waals surface area contributed by atoms with Crippen LogP contribution in [0.3, 0.4) is 0 Å². The van der Waals surface area contributed by atoms with Crippen LogP contribution in [0.5, 0.6) is 5.75 Å². The van der Waals surface area contributed by atoms with Crippen molar-refractivity contribution in [2.24, 2.45) is 5.41 Å². The van der Waals surface area contributed by atoms with E-state index in [9.17, 15) is 5.11 Å². The largest absolute Gasteiger partial charge is 0.491 e. The summed E-state index contributed by atoms with van der Waals surface area (Å²) in [5.41, 5.74) is 8.40. The molecule has 4 aromatic carbocycles. The van der Waals surface area contributed by atoms with Crippen molar-refractivity contribution in [3.05, 3.63) is 119 Å². The molecular weight excluding hydrogens is 510 g/mol. The van der Waals surface area contributed by atoms with E-state index in [1.807, 2.05) is 12.1 Å². The lowest BCUT2D eigenvalue weighted by Crippen LogP contribution is -2.20. The van der Waals surface area contributed by atoms with Crippen LogP contribution in [-0.2, 0) is 11.2 Å². The summed E-state index contributed by atoms with van der Waals surface area (Å²) >= 11 is 4.45. The van der Waals surface area contributed by atoms with Crippen LogP contribution in [0.2, 0.25) is 0 Å². The molecule has 40 heavy (non-hydrogen) atoms. The van der Waals surface area contributed by atoms with Gasteiger partial charge in [0, 0.05) is 28.7 Å². The molecule has 0 amide bonds. The normalized spacial score (nSPS) is 12.7. The van der Waals surface area contributed by atoms with Crippen molar-refractivity contribution in [1.82, 2.24) is 0 Å². The molecule has 0 aliphatic rings. The second-order valence-corrected chi connectivity index (χ2v) is 12.8. The summed E-state index contributed by atoms with van der Waals surface area (Å²) in [5.74, 6) is 1.68. The minimum atomic E-state index is -0.0116. The lowest BCUT2D eigenvalue weighted by Gasteiger charge is -2.33. The van der Waals surface area contributed by atoms with Gasteiger partial charge in [-0.3, -0.25) is 0 Å². The van der Waals surface area contributed by atoms with Gasteiger partial charge >= 0.3 is 0 Å². The van der Waals surface area contributed by atoms with E-state index >= 15 is 0 Å². The number of rotatable bonds is 9. The zero-order chi connectivity index (χ0) is 28.9. The molecule has 0 aromatic heterocycles. The second-order valence-electron chi connectivity index (χ2n) is 12.5. The number of benzene rings is 4. The topological polar surface area (TPSA) is 32.7 Å². The minimum Gasteiger partial charge on any atom is -0.491 e. The predicted octanol–water partition coefficient (Wildman–Crippen LogP) is 9.43. The van der Waals surface area contributed by atoms with Gasteiger partial charge in [-0.25, -0.2) is 0 Å². The number of nitrogens with zero attached hydrogens (tertiary/aromatic N) is 1. The van der Waals surface area contributed by atoms with E-state index in [2.05, 4.69) is 144 Å². The van der Waals surface area contributed by atoms with Gasteiger partial charge in [-0.05, 0) is 81.6 Å². The van der Waals surface area contributed by atoms with E-state index in [0.717, 1.165) is 28.6 Å². The molecule has 0 bridgehead atoms. The molecule has 0 heterocycles. The quantitative estimate of drug-likeness (QED) is 0.203. The molecule has 4 heteroatoms. The van der Waals surface area contributed by atoms with Crippen molar-refractivity contribution < 1.29 is 9.84 Å². The Labute approximate surface area is 246 Å². The number of aliphatic hydroxyl groups is 1. The van der Waals surface area contributed by atoms with Crippen molar-refractivity contribution in [2.45, 2.75) is 58.6 Å². The first-order chi connectivity index (χ1) is 19.0. The van der Waals surface area contributed by atoms with Crippen LogP contribution in [0.4, 0.5) is 17.1 Å². The van der Waals surface area contributed by atoms with E-state index in [4.69, 9.17) is 4.74 Å². The summed E-state index contributed by atoms with van der Waals surface area (Å²) < 4.78 is 5.73. The molecule has 1 N–H and O–H groups in total. The Morgan fingerprint density at radius 3 is 1.77 bits per heavy atom. The molecule has 0 spiro atoms. The molecule has 0 radical (unpaired) electrons. The lowest BCUT2D eigenvalue weighted by atomic mass is 9.72. The van der Waals surface area contributed by atoms with Crippen molar-refractivity contribution in [3.8, 4) is 5.75 Å². The predicted molar refractivity (Wildman–Crippen MR) is 173 cm³/mol. The molecule has 1 atom stereocenters. The second kappa shape index (κ2) is 12.5. The summed E-state index contributed by atoms with van der Waals surface area (Å²) in [6.45, 7) is 13.9. The number of aliphatic hydroxyl groups excluding tert-OH is 1. The summed E-state index contributed by atoms with van der Waals surface area (Å²) in [4.78, 5) is 2.31.